The van der Waals surface area contributed by atoms with Crippen LogP contribution in [0.4, 0.5) is 0 Å². The molecule has 0 saturated heterocycles. The first-order chi connectivity index (χ1) is 7.02. The molecule has 15 heavy (non-hydrogen) atoms. The lowest BCUT2D eigenvalue weighted by atomic mass is 10.1. The molecule has 1 heterocycles. The van der Waals surface area contributed by atoms with E-state index in [-0.39, 0.29) is 6.04 Å². The third-order valence-electron chi connectivity index (χ3n) is 2.54. The second kappa shape index (κ2) is 3.50. The Morgan fingerprint density at radius 2 is 2.20 bits per heavy atom. The minimum absolute atomic E-state index is 0.161. The number of nitrogens with one attached hydrogen (secondary N) is 1. The quantitative estimate of drug-likeness (QED) is 0.809. The van der Waals surface area contributed by atoms with Crippen molar-refractivity contribution >= 4 is 9.84 Å². The van der Waals surface area contributed by atoms with Gasteiger partial charge in [0.25, 0.3) is 0 Å². The Labute approximate surface area is 89.2 Å². The maximum absolute atomic E-state index is 11.3. The minimum atomic E-state index is -3.15. The van der Waals surface area contributed by atoms with Crippen LogP contribution in [0.15, 0.2) is 23.1 Å². The van der Waals surface area contributed by atoms with Gasteiger partial charge in [-0.05, 0) is 19.2 Å². The lowest BCUT2D eigenvalue weighted by molar-refractivity contribution is 0.317. The number of hydrogen-bond donors (Lipinski definition) is 1. The van der Waals surface area contributed by atoms with Crippen molar-refractivity contribution in [2.75, 3.05) is 19.9 Å². The fraction of sp³-hybridized carbons (Fsp3) is 0.400. The summed E-state index contributed by atoms with van der Waals surface area (Å²) in [5, 5.41) is 3.10. The first-order valence-electron chi connectivity index (χ1n) is 4.66. The van der Waals surface area contributed by atoms with Crippen LogP contribution in [0, 0.1) is 0 Å². The summed E-state index contributed by atoms with van der Waals surface area (Å²) in [6, 6.07) is 5.17. The molecule has 1 atom stereocenters. The molecular weight excluding hydrogens is 214 g/mol. The standard InChI is InChI=1S/C10H13NO3S/c1-11-9-6-14-10-5-7(15(2,12)13)3-4-8(9)10/h3-5,9,11H,6H2,1-2H3. The average molecular weight is 227 g/mol. The summed E-state index contributed by atoms with van der Waals surface area (Å²) in [7, 11) is -1.29. The first-order valence-corrected chi connectivity index (χ1v) is 6.55. The predicted molar refractivity (Wildman–Crippen MR) is 56.8 cm³/mol. The van der Waals surface area contributed by atoms with Gasteiger partial charge in [-0.2, -0.15) is 0 Å². The first kappa shape index (κ1) is 10.4. The summed E-state index contributed by atoms with van der Waals surface area (Å²) in [4.78, 5) is 0.304. The molecule has 0 bridgehead atoms. The summed E-state index contributed by atoms with van der Waals surface area (Å²) in [6.45, 7) is 0.555. The topological polar surface area (TPSA) is 55.4 Å². The van der Waals surface area contributed by atoms with Gasteiger partial charge < -0.3 is 10.1 Å². The van der Waals surface area contributed by atoms with E-state index in [0.29, 0.717) is 17.3 Å². The number of fused-ring (bicyclic) bond motifs is 1. The number of rotatable bonds is 2. The molecule has 0 radical (unpaired) electrons. The zero-order valence-electron chi connectivity index (χ0n) is 8.65. The van der Waals surface area contributed by atoms with E-state index < -0.39 is 9.84 Å². The van der Waals surface area contributed by atoms with E-state index in [9.17, 15) is 8.42 Å². The van der Waals surface area contributed by atoms with Gasteiger partial charge in [-0.25, -0.2) is 8.42 Å². The second-order valence-corrected chi connectivity index (χ2v) is 5.64. The fourth-order valence-electron chi connectivity index (χ4n) is 1.66. The zero-order chi connectivity index (χ0) is 11.1. The van der Waals surface area contributed by atoms with E-state index in [2.05, 4.69) is 5.32 Å². The highest BCUT2D eigenvalue weighted by Crippen LogP contribution is 2.33. The Bertz CT molecular complexity index is 481. The highest BCUT2D eigenvalue weighted by atomic mass is 32.2. The van der Waals surface area contributed by atoms with Crippen molar-refractivity contribution in [1.82, 2.24) is 5.32 Å². The summed E-state index contributed by atoms with van der Waals surface area (Å²) >= 11 is 0. The molecule has 1 aromatic rings. The molecule has 0 spiro atoms. The van der Waals surface area contributed by atoms with E-state index >= 15 is 0 Å². The van der Waals surface area contributed by atoms with Crippen molar-refractivity contribution < 1.29 is 13.2 Å². The van der Waals surface area contributed by atoms with Crippen LogP contribution in [0.5, 0.6) is 5.75 Å². The van der Waals surface area contributed by atoms with Gasteiger partial charge in [0.05, 0.1) is 10.9 Å². The fourth-order valence-corrected chi connectivity index (χ4v) is 2.30. The summed E-state index contributed by atoms with van der Waals surface area (Å²) in [5.74, 6) is 0.664. The Hall–Kier alpha value is -1.07. The summed E-state index contributed by atoms with van der Waals surface area (Å²) < 4.78 is 28.0. The van der Waals surface area contributed by atoms with Crippen LogP contribution in [0.3, 0.4) is 0 Å². The van der Waals surface area contributed by atoms with E-state index in [4.69, 9.17) is 4.74 Å². The average Bonchev–Trinajstić information content (AvgIpc) is 2.58. The Balaban J connectivity index is 2.46. The van der Waals surface area contributed by atoms with Gasteiger partial charge in [0.15, 0.2) is 9.84 Å². The molecule has 0 amide bonds. The molecule has 1 aliphatic rings. The summed E-state index contributed by atoms with van der Waals surface area (Å²) in [6.07, 6.45) is 1.19. The van der Waals surface area contributed by atoms with E-state index in [1.54, 1.807) is 18.2 Å². The van der Waals surface area contributed by atoms with E-state index in [0.717, 1.165) is 5.56 Å². The molecule has 4 nitrogen and oxygen atoms in total. The third-order valence-corrected chi connectivity index (χ3v) is 3.65. The van der Waals surface area contributed by atoms with Gasteiger partial charge in [0.2, 0.25) is 0 Å². The van der Waals surface area contributed by atoms with Crippen LogP contribution < -0.4 is 10.1 Å². The number of likely N-dealkylation sites (N-methyl/N-ethyl adjacent to an activating group) is 1. The van der Waals surface area contributed by atoms with Gasteiger partial charge in [-0.1, -0.05) is 6.07 Å². The van der Waals surface area contributed by atoms with Crippen molar-refractivity contribution in [3.8, 4) is 5.75 Å². The number of sulfone groups is 1. The van der Waals surface area contributed by atoms with Crippen LogP contribution >= 0.6 is 0 Å². The molecule has 0 aromatic heterocycles. The van der Waals surface area contributed by atoms with Crippen LogP contribution in [0.2, 0.25) is 0 Å². The largest absolute Gasteiger partial charge is 0.491 e. The zero-order valence-corrected chi connectivity index (χ0v) is 9.47. The van der Waals surface area contributed by atoms with Crippen molar-refractivity contribution in [3.05, 3.63) is 23.8 Å². The number of ether oxygens (including phenoxy) is 1. The molecule has 1 unspecified atom stereocenters. The third kappa shape index (κ3) is 1.85. The number of benzene rings is 1. The Morgan fingerprint density at radius 1 is 1.47 bits per heavy atom. The highest BCUT2D eigenvalue weighted by molar-refractivity contribution is 7.90. The monoisotopic (exact) mass is 227 g/mol. The second-order valence-electron chi connectivity index (χ2n) is 3.62. The van der Waals surface area contributed by atoms with Crippen molar-refractivity contribution in [2.24, 2.45) is 0 Å². The molecule has 1 aliphatic heterocycles. The van der Waals surface area contributed by atoms with Gasteiger partial charge in [0, 0.05) is 11.8 Å². The number of hydrogen-bond acceptors (Lipinski definition) is 4. The van der Waals surface area contributed by atoms with Crippen LogP contribution in [-0.2, 0) is 9.84 Å². The molecule has 2 rings (SSSR count). The Morgan fingerprint density at radius 3 is 2.80 bits per heavy atom. The summed E-state index contributed by atoms with van der Waals surface area (Å²) in [5.41, 5.74) is 1.02. The van der Waals surface area contributed by atoms with Crippen molar-refractivity contribution in [2.45, 2.75) is 10.9 Å². The normalized spacial score (nSPS) is 19.7. The molecule has 82 valence electrons. The molecule has 0 aliphatic carbocycles. The maximum atomic E-state index is 11.3. The predicted octanol–water partition coefficient (Wildman–Crippen LogP) is 0.743. The smallest absolute Gasteiger partial charge is 0.175 e. The van der Waals surface area contributed by atoms with Crippen LogP contribution in [0.25, 0.3) is 0 Å². The van der Waals surface area contributed by atoms with Gasteiger partial charge in [-0.3, -0.25) is 0 Å². The van der Waals surface area contributed by atoms with E-state index in [1.165, 1.54) is 6.26 Å². The molecule has 1 aromatic carbocycles. The highest BCUT2D eigenvalue weighted by Gasteiger charge is 2.23. The SMILES string of the molecule is CNC1COc2cc(S(C)(=O)=O)ccc21. The Kier molecular flexibility index (Phi) is 2.44. The maximum Gasteiger partial charge on any atom is 0.175 e. The molecule has 1 N–H and O–H groups in total. The lowest BCUT2D eigenvalue weighted by Gasteiger charge is -2.06. The van der Waals surface area contributed by atoms with Crippen molar-refractivity contribution in [1.29, 1.82) is 0 Å². The molecule has 0 saturated carbocycles. The minimum Gasteiger partial charge on any atom is -0.491 e. The van der Waals surface area contributed by atoms with Gasteiger partial charge >= 0.3 is 0 Å². The van der Waals surface area contributed by atoms with Crippen LogP contribution in [-0.4, -0.2) is 28.3 Å². The molecule has 0 fully saturated rings. The van der Waals surface area contributed by atoms with Gasteiger partial charge in [0.1, 0.15) is 12.4 Å². The molecular formula is C10H13NO3S. The van der Waals surface area contributed by atoms with Gasteiger partial charge in [-0.15, -0.1) is 0 Å². The lowest BCUT2D eigenvalue weighted by Crippen LogP contribution is -2.17. The molecule has 5 heteroatoms. The van der Waals surface area contributed by atoms with Crippen LogP contribution in [0.1, 0.15) is 11.6 Å². The van der Waals surface area contributed by atoms with E-state index in [1.807, 2.05) is 7.05 Å². The van der Waals surface area contributed by atoms with Crippen molar-refractivity contribution in [3.63, 3.8) is 0 Å².